The lowest BCUT2D eigenvalue weighted by molar-refractivity contribution is -0.114. The van der Waals surface area contributed by atoms with Crippen LogP contribution in [0.15, 0.2) is 6.20 Å². The number of aromatic nitrogens is 3. The van der Waals surface area contributed by atoms with Crippen molar-refractivity contribution in [3.8, 4) is 5.88 Å². The van der Waals surface area contributed by atoms with Gasteiger partial charge in [0, 0.05) is 37.5 Å². The minimum Gasteiger partial charge on any atom is -0.479 e. The Balaban J connectivity index is 1.56. The summed E-state index contributed by atoms with van der Waals surface area (Å²) in [4.78, 5) is 27.2. The van der Waals surface area contributed by atoms with Gasteiger partial charge in [0.1, 0.15) is 5.82 Å². The van der Waals surface area contributed by atoms with Crippen LogP contribution in [0.1, 0.15) is 29.7 Å². The Labute approximate surface area is 155 Å². The molecule has 1 atom stereocenters. The number of anilines is 1. The molecule has 0 radical (unpaired) electrons. The third-order valence-corrected chi connectivity index (χ3v) is 5.18. The molecule has 0 aliphatic carbocycles. The number of carbonyl (C=O) groups is 1. The predicted molar refractivity (Wildman–Crippen MR) is 96.8 cm³/mol. The first-order valence-corrected chi connectivity index (χ1v) is 9.28. The quantitative estimate of drug-likeness (QED) is 0.830. The highest BCUT2D eigenvalue weighted by Gasteiger charge is 2.25. The number of carbonyl (C=O) groups excluding carboxylic acids is 1. The number of halogens is 1. The molecule has 2 aromatic rings. The van der Waals surface area contributed by atoms with Crippen LogP contribution in [0.5, 0.6) is 5.88 Å². The second kappa shape index (κ2) is 8.05. The number of hydrogen-bond acceptors (Lipinski definition) is 7. The van der Waals surface area contributed by atoms with Gasteiger partial charge in [0.15, 0.2) is 5.13 Å². The maximum Gasteiger partial charge on any atom is 0.253 e. The van der Waals surface area contributed by atoms with E-state index in [1.54, 1.807) is 13.1 Å². The van der Waals surface area contributed by atoms with Gasteiger partial charge < -0.3 is 10.1 Å². The first kappa shape index (κ1) is 18.7. The highest BCUT2D eigenvalue weighted by Crippen LogP contribution is 2.26. The van der Waals surface area contributed by atoms with Gasteiger partial charge in [0.25, 0.3) is 5.88 Å². The van der Waals surface area contributed by atoms with Gasteiger partial charge in [-0.3, -0.25) is 9.69 Å². The molecule has 140 valence electrons. The van der Waals surface area contributed by atoms with Gasteiger partial charge in [0.2, 0.25) is 11.7 Å². The summed E-state index contributed by atoms with van der Waals surface area (Å²) in [7, 11) is 1.41. The SMILES string of the molecule is COc1nc(CC2CCN(Cc3cnc(NC(C)=O)s3)C2)nc(C)c1F. The molecule has 0 bridgehead atoms. The minimum atomic E-state index is -0.496. The Kier molecular flexibility index (Phi) is 5.77. The zero-order valence-corrected chi connectivity index (χ0v) is 15.9. The monoisotopic (exact) mass is 379 g/mol. The lowest BCUT2D eigenvalue weighted by Crippen LogP contribution is -2.20. The summed E-state index contributed by atoms with van der Waals surface area (Å²) < 4.78 is 18.8. The fourth-order valence-electron chi connectivity index (χ4n) is 3.11. The van der Waals surface area contributed by atoms with Gasteiger partial charge in [-0.15, -0.1) is 11.3 Å². The number of ether oxygens (including phenoxy) is 1. The lowest BCUT2D eigenvalue weighted by atomic mass is 10.0. The Morgan fingerprint density at radius 2 is 2.31 bits per heavy atom. The molecule has 3 heterocycles. The number of nitrogens with zero attached hydrogens (tertiary/aromatic N) is 4. The molecule has 0 aromatic carbocycles. The molecule has 9 heteroatoms. The fraction of sp³-hybridized carbons (Fsp3) is 0.529. The molecule has 1 amide bonds. The lowest BCUT2D eigenvalue weighted by Gasteiger charge is -2.14. The zero-order valence-electron chi connectivity index (χ0n) is 15.1. The average molecular weight is 379 g/mol. The van der Waals surface area contributed by atoms with E-state index in [2.05, 4.69) is 25.2 Å². The molecule has 0 saturated carbocycles. The van der Waals surface area contributed by atoms with Crippen LogP contribution < -0.4 is 10.1 Å². The van der Waals surface area contributed by atoms with Crippen molar-refractivity contribution in [3.05, 3.63) is 28.4 Å². The standard InChI is InChI=1S/C17H22FN5O2S/c1-10-15(18)16(25-3)22-14(20-10)6-12-4-5-23(8-12)9-13-7-19-17(26-13)21-11(2)24/h7,12H,4-6,8-9H2,1-3H3,(H,19,21,24). The van der Waals surface area contributed by atoms with Crippen molar-refractivity contribution < 1.29 is 13.9 Å². The van der Waals surface area contributed by atoms with Crippen molar-refractivity contribution in [1.29, 1.82) is 0 Å². The van der Waals surface area contributed by atoms with Gasteiger partial charge in [-0.2, -0.15) is 9.37 Å². The van der Waals surface area contributed by atoms with Crippen molar-refractivity contribution in [1.82, 2.24) is 19.9 Å². The second-order valence-corrected chi connectivity index (χ2v) is 7.57. The van der Waals surface area contributed by atoms with Gasteiger partial charge in [-0.25, -0.2) is 9.97 Å². The molecule has 7 nitrogen and oxygen atoms in total. The van der Waals surface area contributed by atoms with Crippen molar-refractivity contribution in [3.63, 3.8) is 0 Å². The molecule has 1 N–H and O–H groups in total. The zero-order chi connectivity index (χ0) is 18.7. The van der Waals surface area contributed by atoms with Crippen LogP contribution in [0.4, 0.5) is 9.52 Å². The normalized spacial score (nSPS) is 17.5. The van der Waals surface area contributed by atoms with E-state index in [4.69, 9.17) is 4.74 Å². The molecule has 1 aliphatic heterocycles. The van der Waals surface area contributed by atoms with Gasteiger partial charge in [-0.1, -0.05) is 0 Å². The van der Waals surface area contributed by atoms with E-state index in [0.717, 1.165) is 30.9 Å². The Hall–Kier alpha value is -2.13. The van der Waals surface area contributed by atoms with Crippen LogP contribution in [-0.2, 0) is 17.8 Å². The van der Waals surface area contributed by atoms with Gasteiger partial charge in [-0.05, 0) is 25.8 Å². The number of likely N-dealkylation sites (tertiary alicyclic amines) is 1. The maximum atomic E-state index is 13.8. The third-order valence-electron chi connectivity index (χ3n) is 4.28. The van der Waals surface area contributed by atoms with Crippen LogP contribution in [0.25, 0.3) is 0 Å². The molecule has 1 aliphatic rings. The van der Waals surface area contributed by atoms with Crippen LogP contribution in [0, 0.1) is 18.7 Å². The van der Waals surface area contributed by atoms with E-state index in [1.807, 2.05) is 0 Å². The van der Waals surface area contributed by atoms with Crippen LogP contribution >= 0.6 is 11.3 Å². The van der Waals surface area contributed by atoms with Crippen molar-refractivity contribution in [2.45, 2.75) is 33.2 Å². The van der Waals surface area contributed by atoms with Crippen LogP contribution in [0.2, 0.25) is 0 Å². The summed E-state index contributed by atoms with van der Waals surface area (Å²) in [5.41, 5.74) is 0.317. The number of hydrogen-bond donors (Lipinski definition) is 1. The van der Waals surface area contributed by atoms with E-state index < -0.39 is 5.82 Å². The Morgan fingerprint density at radius 1 is 1.50 bits per heavy atom. The molecule has 1 saturated heterocycles. The first-order valence-electron chi connectivity index (χ1n) is 8.46. The van der Waals surface area contributed by atoms with E-state index in [1.165, 1.54) is 25.4 Å². The maximum absolute atomic E-state index is 13.8. The van der Waals surface area contributed by atoms with E-state index in [9.17, 15) is 9.18 Å². The van der Waals surface area contributed by atoms with E-state index in [0.29, 0.717) is 29.0 Å². The highest BCUT2D eigenvalue weighted by molar-refractivity contribution is 7.15. The molecule has 3 rings (SSSR count). The second-order valence-electron chi connectivity index (χ2n) is 6.46. The predicted octanol–water partition coefficient (Wildman–Crippen LogP) is 2.41. The summed E-state index contributed by atoms with van der Waals surface area (Å²) in [5.74, 6) is 0.449. The first-order chi connectivity index (χ1) is 12.4. The summed E-state index contributed by atoms with van der Waals surface area (Å²) in [6, 6.07) is 0. The molecule has 1 fully saturated rings. The number of aryl methyl sites for hydroxylation is 1. The van der Waals surface area contributed by atoms with Crippen LogP contribution in [-0.4, -0.2) is 46.0 Å². The van der Waals surface area contributed by atoms with E-state index >= 15 is 0 Å². The third kappa shape index (κ3) is 4.53. The molecular weight excluding hydrogens is 357 g/mol. The van der Waals surface area contributed by atoms with Crippen molar-refractivity contribution >= 4 is 22.4 Å². The average Bonchev–Trinajstić information content (AvgIpc) is 3.20. The topological polar surface area (TPSA) is 80.2 Å². The highest BCUT2D eigenvalue weighted by atomic mass is 32.1. The minimum absolute atomic E-state index is 0.0116. The number of methoxy groups -OCH3 is 1. The van der Waals surface area contributed by atoms with Crippen molar-refractivity contribution in [2.24, 2.45) is 5.92 Å². The van der Waals surface area contributed by atoms with E-state index in [-0.39, 0.29) is 11.8 Å². The number of thiazole rings is 1. The Bertz CT molecular complexity index is 797. The van der Waals surface area contributed by atoms with Crippen LogP contribution in [0.3, 0.4) is 0 Å². The van der Waals surface area contributed by atoms with Gasteiger partial charge >= 0.3 is 0 Å². The molecule has 1 unspecified atom stereocenters. The summed E-state index contributed by atoms with van der Waals surface area (Å²) in [5, 5.41) is 3.33. The summed E-state index contributed by atoms with van der Waals surface area (Å²) >= 11 is 1.49. The molecule has 26 heavy (non-hydrogen) atoms. The fourth-order valence-corrected chi connectivity index (χ4v) is 4.01. The smallest absolute Gasteiger partial charge is 0.253 e. The summed E-state index contributed by atoms with van der Waals surface area (Å²) in [6.07, 6.45) is 3.55. The molecular formula is C17H22FN5O2S. The number of amides is 1. The largest absolute Gasteiger partial charge is 0.479 e. The van der Waals surface area contributed by atoms with Crippen molar-refractivity contribution in [2.75, 3.05) is 25.5 Å². The van der Waals surface area contributed by atoms with Gasteiger partial charge in [0.05, 0.1) is 12.8 Å². The number of rotatable bonds is 6. The molecule has 0 spiro atoms. The number of nitrogens with one attached hydrogen (secondary N) is 1. The molecule has 2 aromatic heterocycles. The summed E-state index contributed by atoms with van der Waals surface area (Å²) in [6.45, 7) is 5.81. The Morgan fingerprint density at radius 3 is 3.04 bits per heavy atom.